The average molecular weight is 834 g/mol. The molecular formula is C50H42Cl2N4O4. The minimum absolute atomic E-state index is 0.0215. The van der Waals surface area contributed by atoms with Gasteiger partial charge in [-0.05, 0) is 61.6 Å². The summed E-state index contributed by atoms with van der Waals surface area (Å²) in [5.74, 6) is -1.73. The Labute approximate surface area is 359 Å². The van der Waals surface area contributed by atoms with Crippen molar-refractivity contribution in [1.29, 1.82) is 0 Å². The van der Waals surface area contributed by atoms with E-state index in [2.05, 4.69) is 10.6 Å². The largest absolute Gasteiger partial charge is 0.324 e. The predicted octanol–water partition coefficient (Wildman–Crippen LogP) is 9.43. The summed E-state index contributed by atoms with van der Waals surface area (Å²) in [6, 6.07) is 49.1. The van der Waals surface area contributed by atoms with Crippen molar-refractivity contribution in [1.82, 2.24) is 9.80 Å². The Bertz CT molecular complexity index is 2440. The molecule has 6 aromatic rings. The molecular weight excluding hydrogens is 791 g/mol. The highest BCUT2D eigenvalue weighted by Crippen LogP contribution is 2.57. The summed E-state index contributed by atoms with van der Waals surface area (Å²) in [7, 11) is 3.87. The number of para-hydroxylation sites is 2. The van der Waals surface area contributed by atoms with E-state index >= 15 is 0 Å². The number of amides is 2. The van der Waals surface area contributed by atoms with Crippen molar-refractivity contribution in [3.63, 3.8) is 0 Å². The Kier molecular flexibility index (Phi) is 10.3. The first-order valence-electron chi connectivity index (χ1n) is 20.0. The van der Waals surface area contributed by atoms with Gasteiger partial charge in [-0.3, -0.25) is 29.0 Å². The molecule has 10 heteroatoms. The SMILES string of the molecule is CN1C[C@@H](c2ccc(Cl)cc2)[C@H](C(=O)c2ccccc2)[C@@]12C(=O)Nc1ccccc12.CN1C[C@@H](c2ccc(Cl)cc2)[C@H](C(=O)c2ccccc2)[C@@]12C(=O)Nc1ccccc12. The van der Waals surface area contributed by atoms with Gasteiger partial charge in [0, 0.05) is 68.6 Å². The van der Waals surface area contributed by atoms with Gasteiger partial charge in [0.2, 0.25) is 11.8 Å². The van der Waals surface area contributed by atoms with Gasteiger partial charge in [-0.2, -0.15) is 0 Å². The van der Waals surface area contributed by atoms with E-state index in [-0.39, 0.29) is 35.2 Å². The number of fused-ring (bicyclic) bond motifs is 4. The van der Waals surface area contributed by atoms with Crippen LogP contribution in [0.3, 0.4) is 0 Å². The van der Waals surface area contributed by atoms with Crippen LogP contribution in [-0.4, -0.2) is 60.4 Å². The molecule has 8 nitrogen and oxygen atoms in total. The monoisotopic (exact) mass is 832 g/mol. The second-order valence-corrected chi connectivity index (χ2v) is 16.9. The molecule has 2 saturated heterocycles. The molecule has 2 amide bonds. The number of carbonyl (C=O) groups excluding carboxylic acids is 4. The molecule has 10 rings (SSSR count). The van der Waals surface area contributed by atoms with Crippen molar-refractivity contribution >= 4 is 58.0 Å². The van der Waals surface area contributed by atoms with Crippen molar-refractivity contribution in [3.8, 4) is 0 Å². The molecule has 6 aromatic carbocycles. The van der Waals surface area contributed by atoms with Gasteiger partial charge in [-0.1, -0.05) is 145 Å². The van der Waals surface area contributed by atoms with E-state index in [0.29, 0.717) is 34.3 Å². The molecule has 2 fully saturated rings. The van der Waals surface area contributed by atoms with Crippen LogP contribution < -0.4 is 10.6 Å². The van der Waals surface area contributed by atoms with Crippen molar-refractivity contribution < 1.29 is 19.2 Å². The van der Waals surface area contributed by atoms with Crippen LogP contribution in [0.4, 0.5) is 11.4 Å². The van der Waals surface area contributed by atoms with Gasteiger partial charge in [0.1, 0.15) is 11.1 Å². The molecule has 6 atom stereocenters. The lowest BCUT2D eigenvalue weighted by Crippen LogP contribution is -2.51. The summed E-state index contributed by atoms with van der Waals surface area (Å²) >= 11 is 12.2. The average Bonchev–Trinajstić information content (AvgIpc) is 3.96. The number of halogens is 2. The van der Waals surface area contributed by atoms with Gasteiger partial charge in [0.05, 0.1) is 11.8 Å². The highest BCUT2D eigenvalue weighted by molar-refractivity contribution is 6.30. The first-order valence-corrected chi connectivity index (χ1v) is 20.8. The van der Waals surface area contributed by atoms with Gasteiger partial charge in [-0.25, -0.2) is 0 Å². The number of nitrogens with one attached hydrogen (secondary N) is 2. The lowest BCUT2D eigenvalue weighted by molar-refractivity contribution is -0.127. The smallest absolute Gasteiger partial charge is 0.250 e. The molecule has 0 unspecified atom stereocenters. The van der Waals surface area contributed by atoms with Crippen LogP contribution in [-0.2, 0) is 20.7 Å². The molecule has 4 aliphatic heterocycles. The van der Waals surface area contributed by atoms with Gasteiger partial charge < -0.3 is 10.6 Å². The number of likely N-dealkylation sites (tertiary alicyclic amines) is 2. The van der Waals surface area contributed by atoms with E-state index < -0.39 is 22.9 Å². The minimum atomic E-state index is -1.05. The Morgan fingerprint density at radius 1 is 0.500 bits per heavy atom. The number of hydrogen-bond acceptors (Lipinski definition) is 6. The van der Waals surface area contributed by atoms with Crippen LogP contribution in [0.25, 0.3) is 0 Å². The van der Waals surface area contributed by atoms with E-state index in [0.717, 1.165) is 33.6 Å². The van der Waals surface area contributed by atoms with Gasteiger partial charge in [0.25, 0.3) is 0 Å². The Morgan fingerprint density at radius 2 is 0.833 bits per heavy atom. The third kappa shape index (κ3) is 6.20. The van der Waals surface area contributed by atoms with E-state index in [1.54, 1.807) is 0 Å². The van der Waals surface area contributed by atoms with Crippen LogP contribution in [0.1, 0.15) is 54.8 Å². The van der Waals surface area contributed by atoms with Gasteiger partial charge in [-0.15, -0.1) is 0 Å². The van der Waals surface area contributed by atoms with Crippen LogP contribution in [0.15, 0.2) is 158 Å². The van der Waals surface area contributed by atoms with Crippen molar-refractivity contribution in [2.24, 2.45) is 11.8 Å². The number of Topliss-reactive ketones (excluding diaryl/α,β-unsaturated/α-hetero) is 2. The zero-order chi connectivity index (χ0) is 41.8. The number of anilines is 2. The maximum absolute atomic E-state index is 13.9. The second kappa shape index (κ2) is 15.6. The third-order valence-corrected chi connectivity index (χ3v) is 13.5. The minimum Gasteiger partial charge on any atom is -0.324 e. The summed E-state index contributed by atoms with van der Waals surface area (Å²) in [5.41, 5.74) is 4.44. The summed E-state index contributed by atoms with van der Waals surface area (Å²) in [6.07, 6.45) is 0. The van der Waals surface area contributed by atoms with Gasteiger partial charge >= 0.3 is 0 Å². The number of likely N-dealkylation sites (N-methyl/N-ethyl adjacent to an activating group) is 2. The molecule has 2 N–H and O–H groups in total. The molecule has 4 heterocycles. The Morgan fingerprint density at radius 3 is 1.20 bits per heavy atom. The maximum Gasteiger partial charge on any atom is 0.250 e. The molecule has 0 aliphatic carbocycles. The van der Waals surface area contributed by atoms with Gasteiger partial charge in [0.15, 0.2) is 11.6 Å². The first-order chi connectivity index (χ1) is 29.1. The Balaban J connectivity index is 0.000000154. The summed E-state index contributed by atoms with van der Waals surface area (Å²) in [4.78, 5) is 59.0. The fraction of sp³-hybridized carbons (Fsp3) is 0.200. The molecule has 4 aliphatic rings. The molecule has 0 radical (unpaired) electrons. The molecule has 0 aromatic heterocycles. The topological polar surface area (TPSA) is 98.8 Å². The van der Waals surface area contributed by atoms with E-state index in [1.165, 1.54) is 0 Å². The summed E-state index contributed by atoms with van der Waals surface area (Å²) in [5, 5.41) is 7.34. The molecule has 300 valence electrons. The maximum atomic E-state index is 13.9. The van der Waals surface area contributed by atoms with Crippen LogP contribution >= 0.6 is 23.2 Å². The fourth-order valence-electron chi connectivity index (χ4n) is 10.4. The quantitative estimate of drug-likeness (QED) is 0.162. The summed E-state index contributed by atoms with van der Waals surface area (Å²) in [6.45, 7) is 1.18. The van der Waals surface area contributed by atoms with Crippen molar-refractivity contribution in [2.45, 2.75) is 22.9 Å². The standard InChI is InChI=1S/2C25H21ClN2O2/c2*1-28-15-19(16-11-13-18(26)14-12-16)22(23(29)17-7-3-2-4-8-17)25(28)20-9-5-6-10-21(20)27-24(25)30/h2*2-14,19,22H,15H2,1H3,(H,27,30)/t2*19-,22+,25-/m00/s1. The molecule has 0 bridgehead atoms. The van der Waals surface area contributed by atoms with Crippen LogP contribution in [0.5, 0.6) is 0 Å². The number of carbonyl (C=O) groups is 4. The van der Waals surface area contributed by atoms with E-state index in [4.69, 9.17) is 23.2 Å². The van der Waals surface area contributed by atoms with Crippen molar-refractivity contribution in [3.05, 3.63) is 201 Å². The normalized spacial score (nSPS) is 25.3. The first kappa shape index (κ1) is 39.6. The van der Waals surface area contributed by atoms with E-state index in [1.807, 2.05) is 182 Å². The number of hydrogen-bond donors (Lipinski definition) is 2. The Hall–Kier alpha value is -5.90. The lowest BCUT2D eigenvalue weighted by Gasteiger charge is -2.35. The highest BCUT2D eigenvalue weighted by atomic mass is 35.5. The zero-order valence-electron chi connectivity index (χ0n) is 33.0. The third-order valence-electron chi connectivity index (χ3n) is 13.0. The van der Waals surface area contributed by atoms with E-state index in [9.17, 15) is 19.2 Å². The number of rotatable bonds is 6. The number of nitrogens with zero attached hydrogens (tertiary/aromatic N) is 2. The predicted molar refractivity (Wildman–Crippen MR) is 236 cm³/mol. The summed E-state index contributed by atoms with van der Waals surface area (Å²) < 4.78 is 0. The number of benzene rings is 6. The molecule has 0 saturated carbocycles. The molecule has 2 spiro atoms. The second-order valence-electron chi connectivity index (χ2n) is 16.0. The van der Waals surface area contributed by atoms with Crippen LogP contribution in [0.2, 0.25) is 10.0 Å². The highest BCUT2D eigenvalue weighted by Gasteiger charge is 2.65. The lowest BCUT2D eigenvalue weighted by atomic mass is 9.70. The van der Waals surface area contributed by atoms with Crippen LogP contribution in [0, 0.1) is 11.8 Å². The fourth-order valence-corrected chi connectivity index (χ4v) is 10.6. The zero-order valence-corrected chi connectivity index (χ0v) is 34.5. The number of ketones is 2. The molecule has 60 heavy (non-hydrogen) atoms. The van der Waals surface area contributed by atoms with Crippen molar-refractivity contribution in [2.75, 3.05) is 37.8 Å².